The van der Waals surface area contributed by atoms with E-state index in [1.807, 2.05) is 30.3 Å². The van der Waals surface area contributed by atoms with Crippen molar-refractivity contribution in [1.29, 1.82) is 0 Å². The summed E-state index contributed by atoms with van der Waals surface area (Å²) in [5.74, 6) is 0. The van der Waals surface area contributed by atoms with Crippen LogP contribution in [0.25, 0.3) is 0 Å². The van der Waals surface area contributed by atoms with Crippen molar-refractivity contribution in [3.63, 3.8) is 0 Å². The average molecular weight is 439 g/mol. The highest BCUT2D eigenvalue weighted by atomic mass is 79.9. The van der Waals surface area contributed by atoms with Crippen LogP contribution in [-0.4, -0.2) is 0 Å². The minimum atomic E-state index is 0.155. The summed E-state index contributed by atoms with van der Waals surface area (Å²) >= 11 is 16.6. The Labute approximate surface area is 131 Å². The fraction of sp³-hybridized carbons (Fsp3) is 0.0769. The number of hydrogen-bond acceptors (Lipinski definition) is 0. The van der Waals surface area contributed by atoms with Crippen molar-refractivity contribution in [2.24, 2.45) is 0 Å². The van der Waals surface area contributed by atoms with Crippen LogP contribution in [0.4, 0.5) is 0 Å². The van der Waals surface area contributed by atoms with E-state index >= 15 is 0 Å². The number of hydrogen-bond donors (Lipinski definition) is 0. The smallest absolute Gasteiger partial charge is 0.0655 e. The van der Waals surface area contributed by atoms with Gasteiger partial charge < -0.3 is 0 Å². The number of alkyl halides is 1. The van der Waals surface area contributed by atoms with E-state index in [4.69, 9.17) is 11.6 Å². The molecule has 0 aliphatic heterocycles. The summed E-state index contributed by atoms with van der Waals surface area (Å²) in [4.78, 5) is 0.155. The fourth-order valence-corrected chi connectivity index (χ4v) is 3.71. The molecule has 0 fully saturated rings. The lowest BCUT2D eigenvalue weighted by molar-refractivity contribution is 1.16. The van der Waals surface area contributed by atoms with Gasteiger partial charge in [-0.05, 0) is 35.4 Å². The van der Waals surface area contributed by atoms with Crippen molar-refractivity contribution in [1.82, 2.24) is 0 Å². The molecule has 0 bridgehead atoms. The summed E-state index contributed by atoms with van der Waals surface area (Å²) in [5, 5.41) is 0.733. The standard InChI is InChI=1S/C13H8Br3Cl/c14-9-3-1-8(2-4-9)13(16)11-6-5-10(17)7-12(11)15/h1-7,13H. The molecule has 0 radical (unpaired) electrons. The van der Waals surface area contributed by atoms with Gasteiger partial charge >= 0.3 is 0 Å². The predicted molar refractivity (Wildman–Crippen MR) is 84.1 cm³/mol. The Kier molecular flexibility index (Phi) is 4.70. The van der Waals surface area contributed by atoms with Crippen LogP contribution < -0.4 is 0 Å². The van der Waals surface area contributed by atoms with E-state index in [9.17, 15) is 0 Å². The summed E-state index contributed by atoms with van der Waals surface area (Å²) in [6.07, 6.45) is 0. The average Bonchev–Trinajstić information content (AvgIpc) is 2.29. The zero-order chi connectivity index (χ0) is 12.4. The molecule has 0 nitrogen and oxygen atoms in total. The maximum Gasteiger partial charge on any atom is 0.0655 e. The van der Waals surface area contributed by atoms with E-state index in [-0.39, 0.29) is 4.83 Å². The third-order valence-corrected chi connectivity index (χ3v) is 4.87. The third-order valence-electron chi connectivity index (χ3n) is 2.40. The second-order valence-corrected chi connectivity index (χ2v) is 6.70. The normalized spacial score (nSPS) is 12.5. The first-order valence-corrected chi connectivity index (χ1v) is 7.80. The number of halogens is 4. The number of rotatable bonds is 2. The van der Waals surface area contributed by atoms with Crippen LogP contribution >= 0.6 is 59.4 Å². The molecule has 0 N–H and O–H groups in total. The van der Waals surface area contributed by atoms with Crippen LogP contribution in [0.15, 0.2) is 51.4 Å². The fourth-order valence-electron chi connectivity index (χ4n) is 1.52. The molecule has 4 heteroatoms. The van der Waals surface area contributed by atoms with E-state index in [1.54, 1.807) is 0 Å². The van der Waals surface area contributed by atoms with Crippen molar-refractivity contribution in [2.75, 3.05) is 0 Å². The summed E-state index contributed by atoms with van der Waals surface area (Å²) in [6.45, 7) is 0. The van der Waals surface area contributed by atoms with Crippen LogP contribution in [-0.2, 0) is 0 Å². The molecular formula is C13H8Br3Cl. The molecule has 2 aromatic rings. The van der Waals surface area contributed by atoms with E-state index < -0.39 is 0 Å². The molecular weight excluding hydrogens is 431 g/mol. The quantitative estimate of drug-likeness (QED) is 0.479. The SMILES string of the molecule is Clc1ccc(C(Br)c2ccc(Br)cc2)c(Br)c1. The van der Waals surface area contributed by atoms with Gasteiger partial charge in [0.15, 0.2) is 0 Å². The predicted octanol–water partition coefficient (Wildman–Crippen LogP) is 6.35. The summed E-state index contributed by atoms with van der Waals surface area (Å²) in [7, 11) is 0. The lowest BCUT2D eigenvalue weighted by atomic mass is 10.1. The van der Waals surface area contributed by atoms with Gasteiger partial charge in [-0.2, -0.15) is 0 Å². The van der Waals surface area contributed by atoms with E-state index in [2.05, 4.69) is 59.9 Å². The van der Waals surface area contributed by atoms with E-state index in [0.717, 1.165) is 19.5 Å². The highest BCUT2D eigenvalue weighted by Gasteiger charge is 2.13. The van der Waals surface area contributed by atoms with Crippen LogP contribution in [0.5, 0.6) is 0 Å². The lowest BCUT2D eigenvalue weighted by Crippen LogP contribution is -1.93. The molecule has 1 unspecified atom stereocenters. The van der Waals surface area contributed by atoms with Crippen LogP contribution in [0, 0.1) is 0 Å². The van der Waals surface area contributed by atoms with Crippen molar-refractivity contribution in [2.45, 2.75) is 4.83 Å². The highest BCUT2D eigenvalue weighted by molar-refractivity contribution is 9.11. The van der Waals surface area contributed by atoms with Gasteiger partial charge in [-0.15, -0.1) is 0 Å². The minimum Gasteiger partial charge on any atom is -0.0843 e. The van der Waals surface area contributed by atoms with Crippen molar-refractivity contribution >= 4 is 59.4 Å². The van der Waals surface area contributed by atoms with Gasteiger partial charge in [-0.25, -0.2) is 0 Å². The molecule has 0 aliphatic carbocycles. The van der Waals surface area contributed by atoms with Gasteiger partial charge in [0.05, 0.1) is 4.83 Å². The zero-order valence-electron chi connectivity index (χ0n) is 8.63. The van der Waals surface area contributed by atoms with Crippen molar-refractivity contribution in [3.8, 4) is 0 Å². The molecule has 2 rings (SSSR count). The molecule has 0 aliphatic rings. The lowest BCUT2D eigenvalue weighted by Gasteiger charge is -2.13. The number of benzene rings is 2. The minimum absolute atomic E-state index is 0.155. The molecule has 88 valence electrons. The monoisotopic (exact) mass is 436 g/mol. The van der Waals surface area contributed by atoms with E-state index in [0.29, 0.717) is 0 Å². The molecule has 0 aromatic heterocycles. The van der Waals surface area contributed by atoms with Gasteiger partial charge in [-0.1, -0.05) is 77.6 Å². The van der Waals surface area contributed by atoms with Gasteiger partial charge in [0.25, 0.3) is 0 Å². The molecule has 0 heterocycles. The van der Waals surface area contributed by atoms with E-state index in [1.165, 1.54) is 5.56 Å². The molecule has 2 aromatic carbocycles. The first-order valence-electron chi connectivity index (χ1n) is 4.92. The van der Waals surface area contributed by atoms with Gasteiger partial charge in [0.2, 0.25) is 0 Å². The first kappa shape index (κ1) is 13.6. The topological polar surface area (TPSA) is 0 Å². The van der Waals surface area contributed by atoms with Crippen LogP contribution in [0.3, 0.4) is 0 Å². The van der Waals surface area contributed by atoms with Gasteiger partial charge in [0, 0.05) is 14.0 Å². The summed E-state index contributed by atoms with van der Waals surface area (Å²) in [6, 6.07) is 14.1. The maximum absolute atomic E-state index is 5.94. The zero-order valence-corrected chi connectivity index (χ0v) is 14.1. The Morgan fingerprint density at radius 3 is 2.18 bits per heavy atom. The molecule has 0 spiro atoms. The Bertz CT molecular complexity index is 523. The van der Waals surface area contributed by atoms with Crippen molar-refractivity contribution in [3.05, 3.63) is 67.6 Å². The Balaban J connectivity index is 2.36. The second kappa shape index (κ2) is 5.87. The molecule has 0 saturated heterocycles. The van der Waals surface area contributed by atoms with Crippen molar-refractivity contribution < 1.29 is 0 Å². The van der Waals surface area contributed by atoms with Crippen LogP contribution in [0.2, 0.25) is 5.02 Å². The highest BCUT2D eigenvalue weighted by Crippen LogP contribution is 2.36. The first-order chi connectivity index (χ1) is 8.08. The molecule has 1 atom stereocenters. The van der Waals surface area contributed by atoms with Gasteiger partial charge in [0.1, 0.15) is 0 Å². The van der Waals surface area contributed by atoms with Crippen LogP contribution in [0.1, 0.15) is 16.0 Å². The second-order valence-electron chi connectivity index (χ2n) is 3.58. The Morgan fingerprint density at radius 2 is 1.59 bits per heavy atom. The molecule has 17 heavy (non-hydrogen) atoms. The Morgan fingerprint density at radius 1 is 0.941 bits per heavy atom. The largest absolute Gasteiger partial charge is 0.0843 e. The third kappa shape index (κ3) is 3.34. The maximum atomic E-state index is 5.94. The van der Waals surface area contributed by atoms with Gasteiger partial charge in [-0.3, -0.25) is 0 Å². The molecule has 0 amide bonds. The Hall–Kier alpha value is 0.170. The summed E-state index contributed by atoms with van der Waals surface area (Å²) < 4.78 is 2.09. The summed E-state index contributed by atoms with van der Waals surface area (Å²) in [5.41, 5.74) is 2.37. The molecule has 0 saturated carbocycles.